The number of likely N-dealkylation sites (tertiary alicyclic amines) is 1. The molecule has 0 saturated carbocycles. The van der Waals surface area contributed by atoms with Crippen molar-refractivity contribution in [2.75, 3.05) is 19.7 Å². The Morgan fingerprint density at radius 3 is 2.36 bits per heavy atom. The van der Waals surface area contributed by atoms with Crippen LogP contribution in [0.25, 0.3) is 0 Å². The molecule has 14 heavy (non-hydrogen) atoms. The average molecular weight is 211 g/mol. The molecule has 0 bridgehead atoms. The Morgan fingerprint density at radius 1 is 1.50 bits per heavy atom. The topological polar surface area (TPSA) is 73.3 Å². The van der Waals surface area contributed by atoms with Gasteiger partial charge in [0.15, 0.2) is 5.96 Å². The molecule has 0 radical (unpaired) electrons. The van der Waals surface area contributed by atoms with Crippen LogP contribution in [0.1, 0.15) is 0 Å². The standard InChI is InChI=1S/C7H12F3N3O/c8-7(9,10)5-2-13(6(11)12)1-4(5)3-14/h4-5,14H,1-3H2,(H3,11,12). The van der Waals surface area contributed by atoms with Gasteiger partial charge in [-0.1, -0.05) is 0 Å². The van der Waals surface area contributed by atoms with Crippen LogP contribution in [0.2, 0.25) is 0 Å². The minimum absolute atomic E-state index is 0.00396. The van der Waals surface area contributed by atoms with Crippen molar-refractivity contribution in [3.63, 3.8) is 0 Å². The van der Waals surface area contributed by atoms with Crippen LogP contribution in [-0.4, -0.2) is 41.8 Å². The van der Waals surface area contributed by atoms with Gasteiger partial charge in [-0.3, -0.25) is 5.41 Å². The molecule has 0 amide bonds. The number of halogens is 3. The highest BCUT2D eigenvalue weighted by molar-refractivity contribution is 5.74. The lowest BCUT2D eigenvalue weighted by Crippen LogP contribution is -2.36. The maximum absolute atomic E-state index is 12.4. The van der Waals surface area contributed by atoms with E-state index in [4.69, 9.17) is 16.2 Å². The molecular weight excluding hydrogens is 199 g/mol. The summed E-state index contributed by atoms with van der Waals surface area (Å²) in [6, 6.07) is 0. The second-order valence-corrected chi connectivity index (χ2v) is 3.38. The van der Waals surface area contributed by atoms with Crippen molar-refractivity contribution in [2.24, 2.45) is 17.6 Å². The number of guanidine groups is 1. The van der Waals surface area contributed by atoms with Gasteiger partial charge in [0.2, 0.25) is 0 Å². The fourth-order valence-corrected chi connectivity index (χ4v) is 1.62. The normalized spacial score (nSPS) is 28.1. The van der Waals surface area contributed by atoms with E-state index in [0.29, 0.717) is 0 Å². The van der Waals surface area contributed by atoms with E-state index >= 15 is 0 Å². The molecule has 0 aliphatic carbocycles. The number of nitrogens with zero attached hydrogens (tertiary/aromatic N) is 1. The molecule has 82 valence electrons. The molecule has 1 heterocycles. The molecule has 1 rings (SSSR count). The van der Waals surface area contributed by atoms with Crippen LogP contribution in [0.4, 0.5) is 13.2 Å². The van der Waals surface area contributed by atoms with Crippen molar-refractivity contribution in [3.05, 3.63) is 0 Å². The average Bonchev–Trinajstić information content (AvgIpc) is 2.46. The Kier molecular flexibility index (Phi) is 2.89. The van der Waals surface area contributed by atoms with Crippen LogP contribution in [0, 0.1) is 17.2 Å². The Balaban J connectivity index is 2.73. The molecule has 0 aromatic rings. The molecule has 0 aromatic carbocycles. The summed E-state index contributed by atoms with van der Waals surface area (Å²) in [7, 11) is 0. The highest BCUT2D eigenvalue weighted by Gasteiger charge is 2.49. The second-order valence-electron chi connectivity index (χ2n) is 3.38. The maximum Gasteiger partial charge on any atom is 0.393 e. The smallest absolute Gasteiger partial charge is 0.393 e. The van der Waals surface area contributed by atoms with Gasteiger partial charge in [0.25, 0.3) is 0 Å². The van der Waals surface area contributed by atoms with Gasteiger partial charge in [0.05, 0.1) is 5.92 Å². The lowest BCUT2D eigenvalue weighted by molar-refractivity contribution is -0.182. The summed E-state index contributed by atoms with van der Waals surface area (Å²) >= 11 is 0. The molecule has 0 spiro atoms. The SMILES string of the molecule is N=C(N)N1CC(CO)C(C(F)(F)F)C1. The van der Waals surface area contributed by atoms with Crippen molar-refractivity contribution in [2.45, 2.75) is 6.18 Å². The van der Waals surface area contributed by atoms with E-state index in [1.54, 1.807) is 0 Å². The summed E-state index contributed by atoms with van der Waals surface area (Å²) in [4.78, 5) is 1.12. The maximum atomic E-state index is 12.4. The zero-order chi connectivity index (χ0) is 10.9. The van der Waals surface area contributed by atoms with E-state index in [0.717, 1.165) is 4.90 Å². The van der Waals surface area contributed by atoms with Gasteiger partial charge in [-0.15, -0.1) is 0 Å². The summed E-state index contributed by atoms with van der Waals surface area (Å²) in [5.41, 5.74) is 5.08. The highest BCUT2D eigenvalue weighted by atomic mass is 19.4. The van der Waals surface area contributed by atoms with Crippen LogP contribution in [0.5, 0.6) is 0 Å². The van der Waals surface area contributed by atoms with Gasteiger partial charge >= 0.3 is 6.18 Å². The highest BCUT2D eigenvalue weighted by Crippen LogP contribution is 2.36. The summed E-state index contributed by atoms with van der Waals surface area (Å²) < 4.78 is 37.2. The number of aliphatic hydroxyl groups excluding tert-OH is 1. The monoisotopic (exact) mass is 211 g/mol. The van der Waals surface area contributed by atoms with E-state index in [1.165, 1.54) is 0 Å². The molecule has 2 unspecified atom stereocenters. The Bertz CT molecular complexity index is 231. The molecule has 2 atom stereocenters. The molecule has 7 heteroatoms. The minimum Gasteiger partial charge on any atom is -0.396 e. The number of alkyl halides is 3. The van der Waals surface area contributed by atoms with Crippen LogP contribution in [0.3, 0.4) is 0 Å². The third-order valence-electron chi connectivity index (χ3n) is 2.44. The molecule has 1 aliphatic heterocycles. The predicted octanol–water partition coefficient (Wildman–Crippen LogP) is -0.0175. The molecule has 1 aliphatic rings. The molecule has 4 nitrogen and oxygen atoms in total. The summed E-state index contributed by atoms with van der Waals surface area (Å²) in [6.07, 6.45) is -4.34. The van der Waals surface area contributed by atoms with Gasteiger partial charge < -0.3 is 15.7 Å². The first-order valence-electron chi connectivity index (χ1n) is 4.12. The Hall–Kier alpha value is -0.980. The van der Waals surface area contributed by atoms with Gasteiger partial charge in [-0.25, -0.2) is 0 Å². The number of hydrogen-bond donors (Lipinski definition) is 3. The third kappa shape index (κ3) is 2.09. The summed E-state index contributed by atoms with van der Waals surface area (Å²) in [5, 5.41) is 15.8. The zero-order valence-electron chi connectivity index (χ0n) is 7.38. The van der Waals surface area contributed by atoms with Crippen LogP contribution in [0.15, 0.2) is 0 Å². The van der Waals surface area contributed by atoms with E-state index in [-0.39, 0.29) is 19.0 Å². The molecule has 0 aromatic heterocycles. The lowest BCUT2D eigenvalue weighted by Gasteiger charge is -2.18. The largest absolute Gasteiger partial charge is 0.396 e. The number of nitrogens with two attached hydrogens (primary N) is 1. The first kappa shape index (κ1) is 11.1. The third-order valence-corrected chi connectivity index (χ3v) is 2.44. The zero-order valence-corrected chi connectivity index (χ0v) is 7.38. The molecule has 4 N–H and O–H groups in total. The number of rotatable bonds is 1. The molecular formula is C7H12F3N3O. The van der Waals surface area contributed by atoms with E-state index in [1.807, 2.05) is 0 Å². The van der Waals surface area contributed by atoms with E-state index in [2.05, 4.69) is 0 Å². The fourth-order valence-electron chi connectivity index (χ4n) is 1.62. The van der Waals surface area contributed by atoms with Gasteiger partial charge in [0, 0.05) is 25.6 Å². The fraction of sp³-hybridized carbons (Fsp3) is 0.857. The minimum atomic E-state index is -4.34. The Morgan fingerprint density at radius 2 is 2.07 bits per heavy atom. The van der Waals surface area contributed by atoms with E-state index in [9.17, 15) is 13.2 Å². The number of nitrogens with one attached hydrogen (secondary N) is 1. The summed E-state index contributed by atoms with van der Waals surface area (Å²) in [6.45, 7) is -0.867. The van der Waals surface area contributed by atoms with Gasteiger partial charge in [0.1, 0.15) is 0 Å². The number of aliphatic hydroxyl groups is 1. The first-order chi connectivity index (χ1) is 6.36. The molecule has 1 saturated heterocycles. The van der Waals surface area contributed by atoms with Crippen LogP contribution in [-0.2, 0) is 0 Å². The Labute approximate surface area is 79.0 Å². The number of hydrogen-bond acceptors (Lipinski definition) is 2. The van der Waals surface area contributed by atoms with Crippen molar-refractivity contribution < 1.29 is 18.3 Å². The van der Waals surface area contributed by atoms with Crippen molar-refractivity contribution in [3.8, 4) is 0 Å². The van der Waals surface area contributed by atoms with Crippen LogP contribution >= 0.6 is 0 Å². The first-order valence-corrected chi connectivity index (χ1v) is 4.12. The quantitative estimate of drug-likeness (QED) is 0.421. The predicted molar refractivity (Wildman–Crippen MR) is 43.6 cm³/mol. The molecule has 1 fully saturated rings. The van der Waals surface area contributed by atoms with E-state index < -0.39 is 24.6 Å². The lowest BCUT2D eigenvalue weighted by atomic mass is 9.97. The van der Waals surface area contributed by atoms with Gasteiger partial charge in [-0.2, -0.15) is 13.2 Å². The second kappa shape index (κ2) is 3.64. The van der Waals surface area contributed by atoms with Gasteiger partial charge in [-0.05, 0) is 0 Å². The van der Waals surface area contributed by atoms with Crippen LogP contribution < -0.4 is 5.73 Å². The van der Waals surface area contributed by atoms with Crippen molar-refractivity contribution in [1.29, 1.82) is 5.41 Å². The van der Waals surface area contributed by atoms with Crippen molar-refractivity contribution >= 4 is 5.96 Å². The van der Waals surface area contributed by atoms with Crippen molar-refractivity contribution in [1.82, 2.24) is 4.90 Å². The summed E-state index contributed by atoms with van der Waals surface area (Å²) in [5.74, 6) is -2.84.